The Hall–Kier alpha value is -3.39. The van der Waals surface area contributed by atoms with E-state index in [-0.39, 0.29) is 0 Å². The number of carbonyl (C=O) groups is 1. The summed E-state index contributed by atoms with van der Waals surface area (Å²) in [5.41, 5.74) is 4.25. The summed E-state index contributed by atoms with van der Waals surface area (Å²) in [7, 11) is 0. The quantitative estimate of drug-likeness (QED) is 0.498. The summed E-state index contributed by atoms with van der Waals surface area (Å²) in [6.07, 6.45) is 5.27. The predicted octanol–water partition coefficient (Wildman–Crippen LogP) is 2.84. The number of aromatic amines is 1. The highest BCUT2D eigenvalue weighted by molar-refractivity contribution is 5.83. The number of likely N-dealkylation sites (tertiary alicyclic amines) is 1. The van der Waals surface area contributed by atoms with Gasteiger partial charge in [-0.1, -0.05) is 24.3 Å². The van der Waals surface area contributed by atoms with Gasteiger partial charge in [-0.05, 0) is 24.5 Å². The average molecular weight is 377 g/mol. The highest BCUT2D eigenvalue weighted by Gasteiger charge is 2.35. The second kappa shape index (κ2) is 6.07. The van der Waals surface area contributed by atoms with Crippen LogP contribution in [0.1, 0.15) is 18.4 Å². The number of piperidine rings is 1. The molecule has 1 aromatic carbocycles. The van der Waals surface area contributed by atoms with Gasteiger partial charge in [0, 0.05) is 24.8 Å². The van der Waals surface area contributed by atoms with Gasteiger partial charge >= 0.3 is 6.09 Å². The van der Waals surface area contributed by atoms with Gasteiger partial charge in [-0.25, -0.2) is 14.8 Å². The number of aromatic nitrogens is 4. The van der Waals surface area contributed by atoms with Crippen molar-refractivity contribution in [2.24, 2.45) is 0 Å². The van der Waals surface area contributed by atoms with Gasteiger partial charge in [0.25, 0.3) is 0 Å². The van der Waals surface area contributed by atoms with Crippen molar-refractivity contribution in [1.82, 2.24) is 24.3 Å². The van der Waals surface area contributed by atoms with Crippen LogP contribution < -0.4 is 0 Å². The molecule has 0 saturated carbocycles. The minimum Gasteiger partial charge on any atom is -0.465 e. The summed E-state index contributed by atoms with van der Waals surface area (Å²) in [4.78, 5) is 24.5. The molecular weight excluding hydrogens is 358 g/mol. The van der Waals surface area contributed by atoms with E-state index in [1.54, 1.807) is 12.5 Å². The number of nitrogens with zero attached hydrogens (tertiary/aromatic N) is 4. The summed E-state index contributed by atoms with van der Waals surface area (Å²) in [6, 6.07) is 9.66. The fourth-order valence-corrected chi connectivity index (χ4v) is 3.97. The van der Waals surface area contributed by atoms with E-state index in [1.807, 2.05) is 40.9 Å². The molecule has 0 spiro atoms. The molecule has 3 aromatic heterocycles. The smallest absolute Gasteiger partial charge is 0.407 e. The Labute approximate surface area is 160 Å². The number of hydrogen-bond donors (Lipinski definition) is 3. The molecule has 1 aliphatic rings. The zero-order valence-electron chi connectivity index (χ0n) is 15.0. The van der Waals surface area contributed by atoms with Crippen LogP contribution in [0.5, 0.6) is 0 Å². The van der Waals surface area contributed by atoms with Crippen molar-refractivity contribution in [3.05, 3.63) is 54.6 Å². The van der Waals surface area contributed by atoms with Crippen LogP contribution >= 0.6 is 0 Å². The molecule has 0 aliphatic carbocycles. The van der Waals surface area contributed by atoms with Crippen LogP contribution in [0.3, 0.4) is 0 Å². The fourth-order valence-electron chi connectivity index (χ4n) is 3.97. The van der Waals surface area contributed by atoms with Crippen LogP contribution in [0.4, 0.5) is 4.79 Å². The normalized spacial score (nSPS) is 16.7. The van der Waals surface area contributed by atoms with Crippen molar-refractivity contribution < 1.29 is 15.0 Å². The molecule has 0 atom stereocenters. The second-order valence-corrected chi connectivity index (χ2v) is 7.20. The number of nitrogens with one attached hydrogen (secondary N) is 1. The van der Waals surface area contributed by atoms with Gasteiger partial charge < -0.3 is 20.1 Å². The van der Waals surface area contributed by atoms with Gasteiger partial charge in [0.15, 0.2) is 5.65 Å². The Morgan fingerprint density at radius 2 is 1.82 bits per heavy atom. The number of imidazole rings is 1. The maximum atomic E-state index is 11.1. The highest BCUT2D eigenvalue weighted by atomic mass is 16.4. The van der Waals surface area contributed by atoms with E-state index in [2.05, 4.69) is 15.0 Å². The summed E-state index contributed by atoms with van der Waals surface area (Å²) in [5, 5.41) is 20.1. The van der Waals surface area contributed by atoms with Gasteiger partial charge in [-0.2, -0.15) is 0 Å². The molecule has 1 amide bonds. The number of hydrogen-bond acceptors (Lipinski definition) is 4. The molecule has 0 bridgehead atoms. The lowest BCUT2D eigenvalue weighted by Gasteiger charge is -2.37. The Kier molecular flexibility index (Phi) is 3.63. The standard InChI is InChI=1S/C20H19N5O3/c26-19(27)24-9-6-20(28,7-10-24)14-3-1-13(2-4-14)17-16-11-22-18-15(5-8-21-18)25(16)12-23-17/h1-5,8,11-12,21,28H,6-7,9-10H2,(H,26,27). The molecule has 1 saturated heterocycles. The molecule has 28 heavy (non-hydrogen) atoms. The number of fused-ring (bicyclic) bond motifs is 3. The van der Waals surface area contributed by atoms with Crippen molar-refractivity contribution in [3.63, 3.8) is 0 Å². The zero-order chi connectivity index (χ0) is 19.3. The van der Waals surface area contributed by atoms with Crippen molar-refractivity contribution in [1.29, 1.82) is 0 Å². The lowest BCUT2D eigenvalue weighted by Crippen LogP contribution is -2.44. The Balaban J connectivity index is 1.46. The summed E-state index contributed by atoms with van der Waals surface area (Å²) < 4.78 is 2.00. The Morgan fingerprint density at radius 1 is 1.07 bits per heavy atom. The number of rotatable bonds is 2. The zero-order valence-corrected chi connectivity index (χ0v) is 15.0. The molecule has 1 fully saturated rings. The number of amides is 1. The van der Waals surface area contributed by atoms with E-state index < -0.39 is 11.7 Å². The van der Waals surface area contributed by atoms with E-state index >= 15 is 0 Å². The predicted molar refractivity (Wildman–Crippen MR) is 103 cm³/mol. The van der Waals surface area contributed by atoms with Gasteiger partial charge in [-0.3, -0.25) is 4.40 Å². The third-order valence-corrected chi connectivity index (χ3v) is 5.64. The minimum absolute atomic E-state index is 0.331. The molecule has 0 radical (unpaired) electrons. The second-order valence-electron chi connectivity index (χ2n) is 7.20. The van der Waals surface area contributed by atoms with Crippen molar-refractivity contribution in [2.75, 3.05) is 13.1 Å². The molecule has 3 N–H and O–H groups in total. The lowest BCUT2D eigenvalue weighted by molar-refractivity contribution is -0.0213. The molecule has 5 rings (SSSR count). The maximum absolute atomic E-state index is 11.1. The van der Waals surface area contributed by atoms with E-state index in [0.717, 1.165) is 33.5 Å². The number of H-pyrrole nitrogens is 1. The van der Waals surface area contributed by atoms with E-state index in [1.165, 1.54) is 4.90 Å². The molecule has 142 valence electrons. The third-order valence-electron chi connectivity index (χ3n) is 5.64. The first-order valence-corrected chi connectivity index (χ1v) is 9.15. The summed E-state index contributed by atoms with van der Waals surface area (Å²) in [6.45, 7) is 0.662. The molecule has 0 unspecified atom stereocenters. The first-order chi connectivity index (χ1) is 13.5. The number of aliphatic hydroxyl groups is 1. The molecule has 1 aliphatic heterocycles. The Morgan fingerprint density at radius 3 is 2.54 bits per heavy atom. The van der Waals surface area contributed by atoms with Crippen LogP contribution in [0, 0.1) is 0 Å². The molecule has 4 heterocycles. The van der Waals surface area contributed by atoms with Crippen molar-refractivity contribution in [3.8, 4) is 11.3 Å². The summed E-state index contributed by atoms with van der Waals surface area (Å²) in [5.74, 6) is 0. The van der Waals surface area contributed by atoms with E-state index in [9.17, 15) is 9.90 Å². The summed E-state index contributed by atoms with van der Waals surface area (Å²) >= 11 is 0. The van der Waals surface area contributed by atoms with Crippen LogP contribution in [-0.2, 0) is 5.60 Å². The van der Waals surface area contributed by atoms with Crippen molar-refractivity contribution >= 4 is 22.8 Å². The van der Waals surface area contributed by atoms with Crippen LogP contribution in [0.25, 0.3) is 27.9 Å². The first-order valence-electron chi connectivity index (χ1n) is 9.15. The first kappa shape index (κ1) is 16.8. The maximum Gasteiger partial charge on any atom is 0.407 e. The van der Waals surface area contributed by atoms with Gasteiger partial charge in [-0.15, -0.1) is 0 Å². The van der Waals surface area contributed by atoms with E-state index in [0.29, 0.717) is 25.9 Å². The number of benzene rings is 1. The average Bonchev–Trinajstić information content (AvgIpc) is 3.35. The van der Waals surface area contributed by atoms with Crippen molar-refractivity contribution in [2.45, 2.75) is 18.4 Å². The SMILES string of the molecule is O=C(O)N1CCC(O)(c2ccc(-c3ncn4c3cnc3[nH]ccc34)cc2)CC1. The molecule has 8 nitrogen and oxygen atoms in total. The molecular formula is C20H19N5O3. The minimum atomic E-state index is -1.00. The van der Waals surface area contributed by atoms with Gasteiger partial charge in [0.05, 0.1) is 28.5 Å². The van der Waals surface area contributed by atoms with Gasteiger partial charge in [0.1, 0.15) is 6.33 Å². The van der Waals surface area contributed by atoms with Crippen LogP contribution in [0.2, 0.25) is 0 Å². The van der Waals surface area contributed by atoms with Gasteiger partial charge in [0.2, 0.25) is 0 Å². The monoisotopic (exact) mass is 377 g/mol. The van der Waals surface area contributed by atoms with Crippen LogP contribution in [0.15, 0.2) is 49.1 Å². The molecule has 8 heteroatoms. The Bertz CT molecular complexity index is 1170. The fraction of sp³-hybridized carbons (Fsp3) is 0.250. The van der Waals surface area contributed by atoms with E-state index in [4.69, 9.17) is 5.11 Å². The highest BCUT2D eigenvalue weighted by Crippen LogP contribution is 2.34. The third kappa shape index (κ3) is 2.53. The topological polar surface area (TPSA) is 107 Å². The lowest BCUT2D eigenvalue weighted by atomic mass is 9.84. The largest absolute Gasteiger partial charge is 0.465 e. The van der Waals surface area contributed by atoms with Crippen LogP contribution in [-0.4, -0.2) is 53.6 Å². The number of carboxylic acid groups (broad SMARTS) is 1. The molecule has 4 aromatic rings.